The van der Waals surface area contributed by atoms with E-state index in [2.05, 4.69) is 24.2 Å². The number of piperazine rings is 1. The van der Waals surface area contributed by atoms with Crippen molar-refractivity contribution in [3.63, 3.8) is 0 Å². The molecular weight excluding hydrogens is 226 g/mol. The zero-order valence-electron chi connectivity index (χ0n) is 11.9. The number of hydrogen-bond donors (Lipinski definition) is 1. The molecule has 1 heterocycles. The summed E-state index contributed by atoms with van der Waals surface area (Å²) in [5.74, 6) is 0.273. The average molecular weight is 253 g/mol. The fourth-order valence-corrected chi connectivity index (χ4v) is 2.97. The van der Waals surface area contributed by atoms with Crippen LogP contribution in [0.5, 0.6) is 0 Å². The summed E-state index contributed by atoms with van der Waals surface area (Å²) < 4.78 is 0. The van der Waals surface area contributed by atoms with E-state index in [0.29, 0.717) is 6.54 Å². The van der Waals surface area contributed by atoms with Crippen LogP contribution in [-0.2, 0) is 4.79 Å². The van der Waals surface area contributed by atoms with Crippen molar-refractivity contribution in [3.8, 4) is 0 Å². The normalized spacial score (nSPS) is 25.1. The van der Waals surface area contributed by atoms with Gasteiger partial charge in [0.15, 0.2) is 0 Å². The number of carbonyl (C=O) groups excluding carboxylic acids is 1. The van der Waals surface area contributed by atoms with E-state index >= 15 is 0 Å². The summed E-state index contributed by atoms with van der Waals surface area (Å²) in [6.07, 6.45) is 6.37. The number of amides is 1. The van der Waals surface area contributed by atoms with E-state index in [-0.39, 0.29) is 11.4 Å². The van der Waals surface area contributed by atoms with Gasteiger partial charge in [-0.05, 0) is 26.8 Å². The number of carbonyl (C=O) groups is 1. The molecule has 4 nitrogen and oxygen atoms in total. The van der Waals surface area contributed by atoms with Gasteiger partial charge in [0.05, 0.1) is 6.54 Å². The maximum Gasteiger partial charge on any atom is 0.236 e. The van der Waals surface area contributed by atoms with Gasteiger partial charge in [-0.1, -0.05) is 19.3 Å². The van der Waals surface area contributed by atoms with E-state index in [1.807, 2.05) is 4.90 Å². The molecule has 2 fully saturated rings. The van der Waals surface area contributed by atoms with Crippen LogP contribution in [0.25, 0.3) is 0 Å². The molecule has 0 aromatic rings. The van der Waals surface area contributed by atoms with Crippen LogP contribution in [0, 0.1) is 0 Å². The smallest absolute Gasteiger partial charge is 0.236 e. The van der Waals surface area contributed by atoms with Gasteiger partial charge < -0.3 is 15.1 Å². The van der Waals surface area contributed by atoms with Gasteiger partial charge in [0.1, 0.15) is 0 Å². The highest BCUT2D eigenvalue weighted by Crippen LogP contribution is 2.27. The maximum atomic E-state index is 12.1. The Bertz CT molecular complexity index is 279. The fraction of sp³-hybridized carbons (Fsp3) is 0.929. The van der Waals surface area contributed by atoms with Gasteiger partial charge in [-0.2, -0.15) is 0 Å². The summed E-state index contributed by atoms with van der Waals surface area (Å²) in [6, 6.07) is 0. The number of rotatable bonds is 3. The fourth-order valence-electron chi connectivity index (χ4n) is 2.97. The van der Waals surface area contributed by atoms with E-state index in [4.69, 9.17) is 0 Å². The second-order valence-corrected chi connectivity index (χ2v) is 6.16. The van der Waals surface area contributed by atoms with E-state index < -0.39 is 0 Å². The van der Waals surface area contributed by atoms with Crippen LogP contribution in [0.15, 0.2) is 0 Å². The molecule has 0 unspecified atom stereocenters. The lowest BCUT2D eigenvalue weighted by molar-refractivity contribution is -0.132. The lowest BCUT2D eigenvalue weighted by Gasteiger charge is -2.37. The first-order valence-electron chi connectivity index (χ1n) is 7.30. The van der Waals surface area contributed by atoms with Gasteiger partial charge in [0.2, 0.25) is 5.91 Å². The lowest BCUT2D eigenvalue weighted by Crippen LogP contribution is -2.53. The molecule has 0 radical (unpaired) electrons. The molecule has 0 aromatic carbocycles. The molecule has 1 aliphatic heterocycles. The third kappa shape index (κ3) is 3.69. The third-order valence-corrected chi connectivity index (χ3v) is 4.48. The molecular formula is C14H27N3O. The van der Waals surface area contributed by atoms with Crippen molar-refractivity contribution >= 4 is 5.91 Å². The van der Waals surface area contributed by atoms with Crippen LogP contribution in [0.1, 0.15) is 39.0 Å². The minimum atomic E-state index is 0.195. The van der Waals surface area contributed by atoms with E-state index in [0.717, 1.165) is 26.2 Å². The second kappa shape index (κ2) is 6.02. The van der Waals surface area contributed by atoms with Crippen LogP contribution >= 0.6 is 0 Å². The summed E-state index contributed by atoms with van der Waals surface area (Å²) >= 11 is 0. The van der Waals surface area contributed by atoms with Gasteiger partial charge >= 0.3 is 0 Å². The first-order valence-corrected chi connectivity index (χ1v) is 7.30. The van der Waals surface area contributed by atoms with Crippen molar-refractivity contribution in [1.82, 2.24) is 15.1 Å². The second-order valence-electron chi connectivity index (χ2n) is 6.16. The van der Waals surface area contributed by atoms with Gasteiger partial charge in [-0.25, -0.2) is 0 Å². The van der Waals surface area contributed by atoms with Crippen LogP contribution in [0.4, 0.5) is 0 Å². The van der Waals surface area contributed by atoms with Gasteiger partial charge in [-0.15, -0.1) is 0 Å². The van der Waals surface area contributed by atoms with Crippen LogP contribution in [-0.4, -0.2) is 61.0 Å². The predicted octanol–water partition coefficient (Wildman–Crippen LogP) is 1.07. The standard InChI is InChI=1S/C14H27N3O/c1-14(6-4-3-5-7-14)15-12-13(18)17-10-8-16(2)9-11-17/h15H,3-12H2,1-2H3. The van der Waals surface area contributed by atoms with Gasteiger partial charge in [0.25, 0.3) is 0 Å². The van der Waals surface area contributed by atoms with E-state index in [9.17, 15) is 4.79 Å². The van der Waals surface area contributed by atoms with E-state index in [1.165, 1.54) is 32.1 Å². The molecule has 1 amide bonds. The van der Waals surface area contributed by atoms with Crippen molar-refractivity contribution in [2.24, 2.45) is 0 Å². The highest BCUT2D eigenvalue weighted by Gasteiger charge is 2.27. The minimum absolute atomic E-state index is 0.195. The van der Waals surface area contributed by atoms with Gasteiger partial charge in [-0.3, -0.25) is 4.79 Å². The molecule has 18 heavy (non-hydrogen) atoms. The summed E-state index contributed by atoms with van der Waals surface area (Å²) in [5.41, 5.74) is 0.195. The monoisotopic (exact) mass is 253 g/mol. The molecule has 2 rings (SSSR count). The highest BCUT2D eigenvalue weighted by atomic mass is 16.2. The molecule has 1 saturated carbocycles. The minimum Gasteiger partial charge on any atom is -0.339 e. The molecule has 0 bridgehead atoms. The highest BCUT2D eigenvalue weighted by molar-refractivity contribution is 5.78. The quantitative estimate of drug-likeness (QED) is 0.817. The Morgan fingerprint density at radius 3 is 2.33 bits per heavy atom. The average Bonchev–Trinajstić information content (AvgIpc) is 2.38. The summed E-state index contributed by atoms with van der Waals surface area (Å²) in [5, 5.41) is 3.50. The van der Waals surface area contributed by atoms with Crippen molar-refractivity contribution < 1.29 is 4.79 Å². The zero-order valence-corrected chi connectivity index (χ0v) is 11.9. The number of hydrogen-bond acceptors (Lipinski definition) is 3. The zero-order chi connectivity index (χ0) is 13.0. The van der Waals surface area contributed by atoms with Crippen LogP contribution in [0.2, 0.25) is 0 Å². The summed E-state index contributed by atoms with van der Waals surface area (Å²) in [7, 11) is 2.11. The number of nitrogens with one attached hydrogen (secondary N) is 1. The Balaban J connectivity index is 1.74. The molecule has 0 atom stereocenters. The molecule has 1 aliphatic carbocycles. The molecule has 1 N–H and O–H groups in total. The Labute approximate surface area is 111 Å². The van der Waals surface area contributed by atoms with Crippen molar-refractivity contribution in [2.45, 2.75) is 44.6 Å². The molecule has 0 spiro atoms. The van der Waals surface area contributed by atoms with Crippen molar-refractivity contribution in [2.75, 3.05) is 39.8 Å². The van der Waals surface area contributed by atoms with Crippen LogP contribution in [0.3, 0.4) is 0 Å². The third-order valence-electron chi connectivity index (χ3n) is 4.48. The van der Waals surface area contributed by atoms with Crippen molar-refractivity contribution in [3.05, 3.63) is 0 Å². The predicted molar refractivity (Wildman–Crippen MR) is 73.6 cm³/mol. The Kier molecular flexibility index (Phi) is 4.62. The Morgan fingerprint density at radius 1 is 1.11 bits per heavy atom. The van der Waals surface area contributed by atoms with Gasteiger partial charge in [0, 0.05) is 31.7 Å². The SMILES string of the molecule is CN1CCN(C(=O)CNC2(C)CCCCC2)CC1. The first kappa shape index (κ1) is 13.8. The first-order chi connectivity index (χ1) is 8.59. The summed E-state index contributed by atoms with van der Waals surface area (Å²) in [4.78, 5) is 16.4. The Hall–Kier alpha value is -0.610. The molecule has 0 aromatic heterocycles. The topological polar surface area (TPSA) is 35.6 Å². The largest absolute Gasteiger partial charge is 0.339 e. The molecule has 104 valence electrons. The van der Waals surface area contributed by atoms with Crippen molar-refractivity contribution in [1.29, 1.82) is 0 Å². The maximum absolute atomic E-state index is 12.1. The van der Waals surface area contributed by atoms with Crippen LogP contribution < -0.4 is 5.32 Å². The molecule has 4 heteroatoms. The molecule has 1 saturated heterocycles. The lowest BCUT2D eigenvalue weighted by atomic mass is 9.83. The molecule has 2 aliphatic rings. The Morgan fingerprint density at radius 2 is 1.72 bits per heavy atom. The number of likely N-dealkylation sites (N-methyl/N-ethyl adjacent to an activating group) is 1. The number of nitrogens with zero attached hydrogens (tertiary/aromatic N) is 2. The van der Waals surface area contributed by atoms with E-state index in [1.54, 1.807) is 0 Å². The summed E-state index contributed by atoms with van der Waals surface area (Å²) in [6.45, 7) is 6.55.